The third-order valence-electron chi connectivity index (χ3n) is 10.3. The van der Waals surface area contributed by atoms with Crippen molar-refractivity contribution in [3.8, 4) is 78.4 Å². The highest BCUT2D eigenvalue weighted by molar-refractivity contribution is 7.04. The second-order valence-corrected chi connectivity index (χ2v) is 18.1. The van der Waals surface area contributed by atoms with Crippen LogP contribution in [-0.2, 0) is 0 Å². The fraction of sp³-hybridized carbons (Fsp3) is 0.0417. The molecule has 242 valence electrons. The number of benzene rings is 7. The first-order valence-corrected chi connectivity index (χ1v) is 20.6. The van der Waals surface area contributed by atoms with Crippen LogP contribution < -0.4 is 10.4 Å². The maximum atomic E-state index is 5.44. The Morgan fingerprint density at radius 3 is 1.29 bits per heavy atom. The van der Waals surface area contributed by atoms with Gasteiger partial charge in [0, 0.05) is 11.1 Å². The number of fused-ring (bicyclic) bond motifs is 3. The van der Waals surface area contributed by atoms with Gasteiger partial charge in [-0.2, -0.15) is 0 Å². The Morgan fingerprint density at radius 1 is 0.333 bits per heavy atom. The number of nitrogens with zero attached hydrogens (tertiary/aromatic N) is 2. The van der Waals surface area contributed by atoms with Crippen molar-refractivity contribution in [1.82, 2.24) is 9.97 Å². The van der Waals surface area contributed by atoms with Crippen molar-refractivity contribution in [2.24, 2.45) is 0 Å². The first kappa shape index (κ1) is 30.9. The molecular formula is C48H36N2Si. The highest BCUT2D eigenvalue weighted by Gasteiger charge is 2.41. The lowest BCUT2D eigenvalue weighted by Crippen LogP contribution is -2.50. The Balaban J connectivity index is 1.15. The van der Waals surface area contributed by atoms with E-state index in [0.717, 1.165) is 28.3 Å². The first-order chi connectivity index (χ1) is 25.0. The monoisotopic (exact) mass is 668 g/mol. The van der Waals surface area contributed by atoms with Gasteiger partial charge in [0.05, 0.1) is 11.4 Å². The topological polar surface area (TPSA) is 25.8 Å². The van der Waals surface area contributed by atoms with Crippen molar-refractivity contribution in [2.75, 3.05) is 0 Å². The van der Waals surface area contributed by atoms with Crippen LogP contribution in [0.2, 0.25) is 13.1 Å². The van der Waals surface area contributed by atoms with Gasteiger partial charge in [-0.15, -0.1) is 0 Å². The molecule has 51 heavy (non-hydrogen) atoms. The van der Waals surface area contributed by atoms with E-state index in [4.69, 9.17) is 9.97 Å². The highest BCUT2D eigenvalue weighted by atomic mass is 28.3. The lowest BCUT2D eigenvalue weighted by atomic mass is 9.97. The summed E-state index contributed by atoms with van der Waals surface area (Å²) in [6.07, 6.45) is 0. The number of rotatable bonds is 6. The summed E-state index contributed by atoms with van der Waals surface area (Å²) in [4.78, 5) is 10.8. The van der Waals surface area contributed by atoms with E-state index in [9.17, 15) is 0 Å². The van der Waals surface area contributed by atoms with Crippen molar-refractivity contribution in [3.63, 3.8) is 0 Å². The highest BCUT2D eigenvalue weighted by Crippen LogP contribution is 2.36. The zero-order valence-electron chi connectivity index (χ0n) is 28.7. The van der Waals surface area contributed by atoms with E-state index in [1.807, 2.05) is 0 Å². The van der Waals surface area contributed by atoms with Crippen LogP contribution in [0.3, 0.4) is 0 Å². The van der Waals surface area contributed by atoms with Crippen LogP contribution in [0.5, 0.6) is 0 Å². The Bertz CT molecular complexity index is 2540. The van der Waals surface area contributed by atoms with E-state index in [0.29, 0.717) is 0 Å². The molecule has 0 aliphatic carbocycles. The van der Waals surface area contributed by atoms with Crippen molar-refractivity contribution in [1.29, 1.82) is 0 Å². The molecule has 3 heteroatoms. The second kappa shape index (κ2) is 12.6. The summed E-state index contributed by atoms with van der Waals surface area (Å²) >= 11 is 0. The second-order valence-electron chi connectivity index (χ2n) is 13.8. The zero-order chi connectivity index (χ0) is 34.4. The molecule has 2 nitrogen and oxygen atoms in total. The predicted octanol–water partition coefficient (Wildman–Crippen LogP) is 11.3. The van der Waals surface area contributed by atoms with Crippen molar-refractivity contribution in [2.45, 2.75) is 13.1 Å². The van der Waals surface area contributed by atoms with E-state index >= 15 is 0 Å². The van der Waals surface area contributed by atoms with E-state index in [2.05, 4.69) is 195 Å². The lowest BCUT2D eigenvalue weighted by molar-refractivity contribution is 1.20. The molecular weight excluding hydrogens is 633 g/mol. The molecule has 0 saturated heterocycles. The molecule has 7 aromatic carbocycles. The van der Waals surface area contributed by atoms with Crippen LogP contribution in [0.15, 0.2) is 182 Å². The molecule has 0 saturated carbocycles. The summed E-state index contributed by atoms with van der Waals surface area (Å²) in [6.45, 7) is 4.88. The van der Waals surface area contributed by atoms with Gasteiger partial charge in [-0.25, -0.2) is 9.97 Å². The molecule has 2 heterocycles. The number of hydrogen-bond acceptors (Lipinski definition) is 2. The van der Waals surface area contributed by atoms with Gasteiger partial charge in [-0.1, -0.05) is 177 Å². The molecule has 0 radical (unpaired) electrons. The first-order valence-electron chi connectivity index (χ1n) is 17.6. The fourth-order valence-corrected chi connectivity index (χ4v) is 10.9. The summed E-state index contributed by atoms with van der Waals surface area (Å²) < 4.78 is 0. The number of aromatic nitrogens is 2. The number of hydrogen-bond donors (Lipinski definition) is 0. The van der Waals surface area contributed by atoms with Gasteiger partial charge < -0.3 is 0 Å². The molecule has 9 rings (SSSR count). The molecule has 0 unspecified atom stereocenters. The average molecular weight is 669 g/mol. The summed E-state index contributed by atoms with van der Waals surface area (Å²) in [6, 6.07) is 65.2. The minimum Gasteiger partial charge on any atom is -0.228 e. The van der Waals surface area contributed by atoms with Crippen LogP contribution in [0, 0.1) is 0 Å². The van der Waals surface area contributed by atoms with Gasteiger partial charge in [-0.05, 0) is 78.6 Å². The summed E-state index contributed by atoms with van der Waals surface area (Å²) in [7, 11) is -2.09. The van der Waals surface area contributed by atoms with Gasteiger partial charge in [0.2, 0.25) is 0 Å². The third-order valence-corrected chi connectivity index (χ3v) is 13.8. The molecule has 0 fully saturated rings. The van der Waals surface area contributed by atoms with Crippen molar-refractivity contribution in [3.05, 3.63) is 182 Å². The Morgan fingerprint density at radius 2 is 0.725 bits per heavy atom. The third kappa shape index (κ3) is 5.62. The van der Waals surface area contributed by atoms with Crippen LogP contribution in [0.4, 0.5) is 0 Å². The zero-order valence-corrected chi connectivity index (χ0v) is 29.7. The van der Waals surface area contributed by atoms with E-state index in [1.54, 1.807) is 0 Å². The summed E-state index contributed by atoms with van der Waals surface area (Å²) in [5.41, 5.74) is 15.1. The van der Waals surface area contributed by atoms with E-state index < -0.39 is 8.07 Å². The quantitative estimate of drug-likeness (QED) is 0.165. The van der Waals surface area contributed by atoms with E-state index in [-0.39, 0.29) is 0 Å². The van der Waals surface area contributed by atoms with Gasteiger partial charge in [0.25, 0.3) is 0 Å². The molecule has 0 atom stereocenters. The standard InChI is InChI=1S/C48H36N2Si/c1-51(2)44-25-10-9-24-43(44)46-47(51)45(42-23-13-22-41(32-42)40-21-12-19-38(31-40)34-16-7-4-8-17-34)49-48(50-46)36-28-26-35(27-29-36)39-20-11-18-37(30-39)33-14-5-3-6-15-33/h3-32H,1-2H3. The smallest absolute Gasteiger partial charge is 0.160 e. The van der Waals surface area contributed by atoms with Crippen LogP contribution in [-0.4, -0.2) is 18.0 Å². The maximum Gasteiger partial charge on any atom is 0.160 e. The van der Waals surface area contributed by atoms with Crippen molar-refractivity contribution < 1.29 is 0 Å². The molecule has 8 aromatic rings. The molecule has 1 aliphatic heterocycles. The predicted molar refractivity (Wildman–Crippen MR) is 217 cm³/mol. The molecule has 1 aliphatic rings. The Kier molecular flexibility index (Phi) is 7.64. The summed E-state index contributed by atoms with van der Waals surface area (Å²) in [5.74, 6) is 0.756. The van der Waals surface area contributed by atoms with E-state index in [1.165, 1.54) is 60.4 Å². The maximum absolute atomic E-state index is 5.44. The van der Waals surface area contributed by atoms with Gasteiger partial charge in [-0.3, -0.25) is 0 Å². The van der Waals surface area contributed by atoms with Gasteiger partial charge in [0.1, 0.15) is 8.07 Å². The molecule has 1 aromatic heterocycles. The van der Waals surface area contributed by atoms with Crippen molar-refractivity contribution >= 4 is 18.4 Å². The van der Waals surface area contributed by atoms with Gasteiger partial charge in [0.15, 0.2) is 5.82 Å². The molecule has 0 spiro atoms. The molecule has 0 N–H and O–H groups in total. The van der Waals surface area contributed by atoms with Crippen LogP contribution >= 0.6 is 0 Å². The summed E-state index contributed by atoms with van der Waals surface area (Å²) in [5, 5.41) is 2.74. The minimum atomic E-state index is -2.09. The van der Waals surface area contributed by atoms with Crippen LogP contribution in [0.1, 0.15) is 0 Å². The molecule has 0 amide bonds. The normalized spacial score (nSPS) is 12.7. The Hall–Kier alpha value is -6.16. The Labute approximate surface area is 300 Å². The fourth-order valence-electron chi connectivity index (χ4n) is 7.63. The lowest BCUT2D eigenvalue weighted by Gasteiger charge is -2.22. The van der Waals surface area contributed by atoms with Gasteiger partial charge >= 0.3 is 0 Å². The average Bonchev–Trinajstić information content (AvgIpc) is 3.44. The molecule has 0 bridgehead atoms. The van der Waals surface area contributed by atoms with Crippen LogP contribution in [0.25, 0.3) is 78.4 Å². The largest absolute Gasteiger partial charge is 0.228 e. The SMILES string of the molecule is C[Si]1(C)c2ccccc2-c2nc(-c3ccc(-c4cccc(-c5ccccc5)c4)cc3)nc(-c3cccc(-c4cccc(-c5ccccc5)c4)c3)c21. The minimum absolute atomic E-state index is 0.756.